The minimum atomic E-state index is -4.50. The van der Waals surface area contributed by atoms with E-state index in [1.54, 1.807) is 29.2 Å². The highest BCUT2D eigenvalue weighted by atomic mass is 19.4. The average Bonchev–Trinajstić information content (AvgIpc) is 2.66. The van der Waals surface area contributed by atoms with Crippen LogP contribution in [0.1, 0.15) is 5.56 Å². The number of alkyl halides is 3. The number of benzene rings is 2. The van der Waals surface area contributed by atoms with Gasteiger partial charge < -0.3 is 20.3 Å². The van der Waals surface area contributed by atoms with Gasteiger partial charge in [0.25, 0.3) is 5.91 Å². The predicted octanol–water partition coefficient (Wildman–Crippen LogP) is 2.66. The van der Waals surface area contributed by atoms with Crippen LogP contribution in [-0.2, 0) is 15.8 Å². The Balaban J connectivity index is 1.75. The number of nitrogens with one attached hydrogen (secondary N) is 2. The standard InChI is InChI=1S/C19H18F3N3O3/c1-23-18(27)16-10-25(14-7-2-3-8-15(14)28-16)11-17(26)24-13-6-4-5-12(9-13)19(20,21)22/h2-9,16H,10-11H2,1H3,(H,23,27)(H,24,26)/t16-/m0/s1. The van der Waals surface area contributed by atoms with Crippen molar-refractivity contribution in [3.05, 3.63) is 54.1 Å². The summed E-state index contributed by atoms with van der Waals surface area (Å²) in [5.74, 6) is -0.390. The molecule has 0 saturated heterocycles. The Morgan fingerprint density at radius 3 is 2.64 bits per heavy atom. The number of hydrogen-bond donors (Lipinski definition) is 2. The zero-order valence-electron chi connectivity index (χ0n) is 14.9. The number of carbonyl (C=O) groups excluding carboxylic acids is 2. The van der Waals surface area contributed by atoms with Gasteiger partial charge in [-0.25, -0.2) is 0 Å². The molecule has 0 saturated carbocycles. The molecule has 0 bridgehead atoms. The van der Waals surface area contributed by atoms with Crippen LogP contribution in [0, 0.1) is 0 Å². The molecule has 0 aromatic heterocycles. The van der Waals surface area contributed by atoms with E-state index in [0.717, 1.165) is 12.1 Å². The zero-order valence-corrected chi connectivity index (χ0v) is 14.9. The van der Waals surface area contributed by atoms with Gasteiger partial charge in [0.1, 0.15) is 5.75 Å². The fourth-order valence-corrected chi connectivity index (χ4v) is 2.90. The molecule has 1 atom stereocenters. The Bertz CT molecular complexity index is 886. The maximum Gasteiger partial charge on any atom is 0.416 e. The number of hydrogen-bond acceptors (Lipinski definition) is 4. The summed E-state index contributed by atoms with van der Waals surface area (Å²) in [6.07, 6.45) is -5.30. The third-order valence-electron chi connectivity index (χ3n) is 4.21. The Morgan fingerprint density at radius 1 is 1.18 bits per heavy atom. The van der Waals surface area contributed by atoms with Crippen LogP contribution < -0.4 is 20.3 Å². The van der Waals surface area contributed by atoms with Crippen LogP contribution in [0.2, 0.25) is 0 Å². The van der Waals surface area contributed by atoms with Crippen LogP contribution in [0.25, 0.3) is 0 Å². The van der Waals surface area contributed by atoms with Crippen molar-refractivity contribution in [1.82, 2.24) is 5.32 Å². The Morgan fingerprint density at radius 2 is 1.93 bits per heavy atom. The molecular weight excluding hydrogens is 375 g/mol. The number of nitrogens with zero attached hydrogens (tertiary/aromatic N) is 1. The highest BCUT2D eigenvalue weighted by Gasteiger charge is 2.32. The van der Waals surface area contributed by atoms with Gasteiger partial charge in [-0.2, -0.15) is 13.2 Å². The number of rotatable bonds is 4. The molecule has 3 rings (SSSR count). The molecule has 9 heteroatoms. The SMILES string of the molecule is CNC(=O)[C@@H]1CN(CC(=O)Nc2cccc(C(F)(F)F)c2)c2ccccc2O1. The van der Waals surface area contributed by atoms with Crippen molar-refractivity contribution < 1.29 is 27.5 Å². The molecule has 148 valence electrons. The van der Waals surface area contributed by atoms with Crippen molar-refractivity contribution in [2.45, 2.75) is 12.3 Å². The highest BCUT2D eigenvalue weighted by Crippen LogP contribution is 2.33. The Hall–Kier alpha value is -3.23. The van der Waals surface area contributed by atoms with Crippen molar-refractivity contribution in [1.29, 1.82) is 0 Å². The number of halogens is 3. The number of para-hydroxylation sites is 2. The van der Waals surface area contributed by atoms with Gasteiger partial charge in [-0.05, 0) is 30.3 Å². The topological polar surface area (TPSA) is 70.7 Å². The molecule has 1 heterocycles. The van der Waals surface area contributed by atoms with E-state index in [-0.39, 0.29) is 24.7 Å². The lowest BCUT2D eigenvalue weighted by atomic mass is 10.1. The molecule has 1 aliphatic rings. The van der Waals surface area contributed by atoms with Gasteiger partial charge in [-0.1, -0.05) is 18.2 Å². The number of ether oxygens (including phenoxy) is 1. The molecular formula is C19H18F3N3O3. The Kier molecular flexibility index (Phi) is 5.43. The molecule has 2 aromatic rings. The lowest BCUT2D eigenvalue weighted by Gasteiger charge is -2.35. The Labute approximate surface area is 159 Å². The number of amides is 2. The zero-order chi connectivity index (χ0) is 20.3. The molecule has 0 aliphatic carbocycles. The van der Waals surface area contributed by atoms with Crippen molar-refractivity contribution in [2.24, 2.45) is 0 Å². The van der Waals surface area contributed by atoms with Gasteiger partial charge in [-0.3, -0.25) is 9.59 Å². The molecule has 0 radical (unpaired) electrons. The minimum absolute atomic E-state index is 0.0456. The summed E-state index contributed by atoms with van der Waals surface area (Å²) in [7, 11) is 1.48. The van der Waals surface area contributed by atoms with E-state index < -0.39 is 23.8 Å². The van der Waals surface area contributed by atoms with Crippen LogP contribution in [0.3, 0.4) is 0 Å². The summed E-state index contributed by atoms with van der Waals surface area (Å²) in [6, 6.07) is 11.3. The van der Waals surface area contributed by atoms with E-state index in [1.807, 2.05) is 0 Å². The lowest BCUT2D eigenvalue weighted by Crippen LogP contribution is -2.50. The van der Waals surface area contributed by atoms with E-state index in [9.17, 15) is 22.8 Å². The summed E-state index contributed by atoms with van der Waals surface area (Å²) in [4.78, 5) is 26.0. The van der Waals surface area contributed by atoms with E-state index in [1.165, 1.54) is 19.2 Å². The number of anilines is 2. The first-order chi connectivity index (χ1) is 13.3. The van der Waals surface area contributed by atoms with E-state index in [4.69, 9.17) is 4.74 Å². The van der Waals surface area contributed by atoms with E-state index >= 15 is 0 Å². The molecule has 1 aliphatic heterocycles. The minimum Gasteiger partial charge on any atom is -0.477 e. The molecule has 2 N–H and O–H groups in total. The maximum atomic E-state index is 12.8. The quantitative estimate of drug-likeness (QED) is 0.838. The lowest BCUT2D eigenvalue weighted by molar-refractivity contribution is -0.137. The van der Waals surface area contributed by atoms with Crippen molar-refractivity contribution in [3.63, 3.8) is 0 Å². The van der Waals surface area contributed by atoms with Gasteiger partial charge in [-0.15, -0.1) is 0 Å². The summed E-state index contributed by atoms with van der Waals surface area (Å²) in [5, 5.41) is 4.97. The first-order valence-corrected chi connectivity index (χ1v) is 8.47. The number of likely N-dealkylation sites (N-methyl/N-ethyl adjacent to an activating group) is 1. The first-order valence-electron chi connectivity index (χ1n) is 8.47. The van der Waals surface area contributed by atoms with Gasteiger partial charge >= 0.3 is 6.18 Å². The molecule has 2 aromatic carbocycles. The third kappa shape index (κ3) is 4.36. The average molecular weight is 393 g/mol. The van der Waals surface area contributed by atoms with E-state index in [0.29, 0.717) is 11.4 Å². The van der Waals surface area contributed by atoms with Crippen LogP contribution in [0.15, 0.2) is 48.5 Å². The summed E-state index contributed by atoms with van der Waals surface area (Å²) >= 11 is 0. The number of fused-ring (bicyclic) bond motifs is 1. The fraction of sp³-hybridized carbons (Fsp3) is 0.263. The molecule has 2 amide bonds. The first kappa shape index (κ1) is 19.5. The maximum absolute atomic E-state index is 12.8. The molecule has 0 spiro atoms. The second-order valence-electron chi connectivity index (χ2n) is 6.20. The summed E-state index contributed by atoms with van der Waals surface area (Å²) < 4.78 is 44.1. The molecule has 0 unspecified atom stereocenters. The smallest absolute Gasteiger partial charge is 0.416 e. The second-order valence-corrected chi connectivity index (χ2v) is 6.20. The second kappa shape index (κ2) is 7.79. The van der Waals surface area contributed by atoms with Gasteiger partial charge in [0.05, 0.1) is 24.3 Å². The van der Waals surface area contributed by atoms with Gasteiger partial charge in [0, 0.05) is 12.7 Å². The summed E-state index contributed by atoms with van der Waals surface area (Å²) in [6.45, 7) is -0.0171. The van der Waals surface area contributed by atoms with Crippen LogP contribution in [0.5, 0.6) is 5.75 Å². The summed E-state index contributed by atoms with van der Waals surface area (Å²) in [5.41, 5.74) is -0.173. The largest absolute Gasteiger partial charge is 0.477 e. The normalized spacial score (nSPS) is 16.0. The van der Waals surface area contributed by atoms with Gasteiger partial charge in [0.2, 0.25) is 5.91 Å². The fourth-order valence-electron chi connectivity index (χ4n) is 2.90. The van der Waals surface area contributed by atoms with Crippen LogP contribution in [-0.4, -0.2) is 38.1 Å². The predicted molar refractivity (Wildman–Crippen MR) is 97.2 cm³/mol. The van der Waals surface area contributed by atoms with Crippen molar-refractivity contribution in [3.8, 4) is 5.75 Å². The van der Waals surface area contributed by atoms with Crippen LogP contribution in [0.4, 0.5) is 24.5 Å². The molecule has 6 nitrogen and oxygen atoms in total. The molecule has 0 fully saturated rings. The van der Waals surface area contributed by atoms with Crippen molar-refractivity contribution in [2.75, 3.05) is 30.4 Å². The van der Waals surface area contributed by atoms with E-state index in [2.05, 4.69) is 10.6 Å². The van der Waals surface area contributed by atoms with Crippen molar-refractivity contribution >= 4 is 23.2 Å². The van der Waals surface area contributed by atoms with Gasteiger partial charge in [0.15, 0.2) is 6.10 Å². The third-order valence-corrected chi connectivity index (χ3v) is 4.21. The van der Waals surface area contributed by atoms with Crippen LogP contribution >= 0.6 is 0 Å². The number of carbonyl (C=O) groups is 2. The highest BCUT2D eigenvalue weighted by molar-refractivity contribution is 5.95. The molecule has 28 heavy (non-hydrogen) atoms. The monoisotopic (exact) mass is 393 g/mol.